The zero-order valence-corrected chi connectivity index (χ0v) is 21.1. The number of amides is 1. The molecule has 34 heavy (non-hydrogen) atoms. The molecule has 2 aliphatic rings. The van der Waals surface area contributed by atoms with Gasteiger partial charge in [-0.1, -0.05) is 66.5 Å². The lowest BCUT2D eigenvalue weighted by Crippen LogP contribution is -2.40. The first-order chi connectivity index (χ1) is 16.4. The fourth-order valence-electron chi connectivity index (χ4n) is 5.48. The van der Waals surface area contributed by atoms with Gasteiger partial charge in [0.2, 0.25) is 5.91 Å². The number of halogens is 1. The van der Waals surface area contributed by atoms with Crippen molar-refractivity contribution in [1.82, 2.24) is 9.55 Å². The maximum absolute atomic E-state index is 13.8. The lowest BCUT2D eigenvalue weighted by molar-refractivity contribution is -0.113. The van der Waals surface area contributed by atoms with Crippen LogP contribution in [0.4, 0.5) is 5.69 Å². The van der Waals surface area contributed by atoms with E-state index in [-0.39, 0.29) is 22.6 Å². The summed E-state index contributed by atoms with van der Waals surface area (Å²) >= 11 is 7.39. The Bertz CT molecular complexity index is 1330. The fourth-order valence-corrected chi connectivity index (χ4v) is 6.51. The molecule has 5 rings (SSSR count). The van der Waals surface area contributed by atoms with Gasteiger partial charge in [-0.25, -0.2) is 4.98 Å². The molecule has 0 atom stereocenters. The van der Waals surface area contributed by atoms with E-state index in [9.17, 15) is 9.59 Å². The summed E-state index contributed by atoms with van der Waals surface area (Å²) in [4.78, 5) is 31.6. The van der Waals surface area contributed by atoms with Gasteiger partial charge in [-0.15, -0.1) is 0 Å². The van der Waals surface area contributed by atoms with E-state index in [1.165, 1.54) is 17.3 Å². The number of carbonyl (C=O) groups excluding carboxylic acids is 1. The summed E-state index contributed by atoms with van der Waals surface area (Å²) in [7, 11) is 0. The number of anilines is 1. The third-order valence-corrected chi connectivity index (χ3v) is 8.36. The molecule has 2 aromatic carbocycles. The van der Waals surface area contributed by atoms with E-state index < -0.39 is 0 Å². The Hall–Kier alpha value is -2.57. The minimum Gasteiger partial charge on any atom is -0.325 e. The Labute approximate surface area is 208 Å². The maximum Gasteiger partial charge on any atom is 0.258 e. The predicted molar refractivity (Wildman–Crippen MR) is 139 cm³/mol. The van der Waals surface area contributed by atoms with Crippen LogP contribution in [0.2, 0.25) is 5.02 Å². The van der Waals surface area contributed by atoms with Crippen LogP contribution in [0.5, 0.6) is 0 Å². The van der Waals surface area contributed by atoms with Crippen molar-refractivity contribution < 1.29 is 4.79 Å². The molecule has 1 fully saturated rings. The highest BCUT2D eigenvalue weighted by molar-refractivity contribution is 7.99. The zero-order chi connectivity index (χ0) is 23.9. The van der Waals surface area contributed by atoms with Crippen molar-refractivity contribution in [1.29, 1.82) is 0 Å². The zero-order valence-electron chi connectivity index (χ0n) is 19.5. The van der Waals surface area contributed by atoms with Crippen molar-refractivity contribution in [3.8, 4) is 11.3 Å². The predicted octanol–water partition coefficient (Wildman–Crippen LogP) is 5.99. The van der Waals surface area contributed by atoms with Crippen molar-refractivity contribution in [2.24, 2.45) is 0 Å². The van der Waals surface area contributed by atoms with Crippen LogP contribution >= 0.6 is 23.4 Å². The highest BCUT2D eigenvalue weighted by Gasteiger charge is 2.44. The molecule has 1 aromatic heterocycles. The standard InChI is InChI=1S/C27H28ClN3O2S/c1-3-31-25(33)23-24(20-9-5-4-8-18(20)15-27(23)12-6-7-13-27)30-26(31)34-16-22(32)29-21-14-19(28)11-10-17(21)2/h4-5,8-11,14H,3,6-7,12-13,15-16H2,1-2H3,(H,29,32). The molecule has 1 saturated carbocycles. The highest BCUT2D eigenvalue weighted by atomic mass is 35.5. The van der Waals surface area contributed by atoms with E-state index in [2.05, 4.69) is 23.5 Å². The SMILES string of the molecule is CCn1c(SCC(=O)Nc2cc(Cl)ccc2C)nc2c(c1=O)C1(CCCC1)Cc1ccccc1-2. The Morgan fingerprint density at radius 2 is 1.97 bits per heavy atom. The van der Waals surface area contributed by atoms with Crippen molar-refractivity contribution in [3.63, 3.8) is 0 Å². The van der Waals surface area contributed by atoms with Gasteiger partial charge in [0.05, 0.1) is 17.0 Å². The minimum absolute atomic E-state index is 0.0532. The Morgan fingerprint density at radius 3 is 2.74 bits per heavy atom. The minimum atomic E-state index is -0.155. The monoisotopic (exact) mass is 493 g/mol. The smallest absolute Gasteiger partial charge is 0.258 e. The molecule has 0 aliphatic heterocycles. The number of carbonyl (C=O) groups is 1. The van der Waals surface area contributed by atoms with Gasteiger partial charge in [-0.3, -0.25) is 14.2 Å². The average molecular weight is 494 g/mol. The van der Waals surface area contributed by atoms with Gasteiger partial charge < -0.3 is 5.32 Å². The van der Waals surface area contributed by atoms with Crippen LogP contribution in [-0.4, -0.2) is 21.2 Å². The molecular weight excluding hydrogens is 466 g/mol. The normalized spacial score (nSPS) is 15.7. The van der Waals surface area contributed by atoms with Crippen LogP contribution in [0.25, 0.3) is 11.3 Å². The molecule has 1 amide bonds. The second kappa shape index (κ2) is 9.23. The molecule has 1 heterocycles. The second-order valence-corrected chi connectivity index (χ2v) is 10.7. The molecule has 0 unspecified atom stereocenters. The number of hydrogen-bond acceptors (Lipinski definition) is 4. The van der Waals surface area contributed by atoms with Gasteiger partial charge in [0.25, 0.3) is 5.56 Å². The van der Waals surface area contributed by atoms with E-state index in [1.54, 1.807) is 16.7 Å². The first-order valence-electron chi connectivity index (χ1n) is 11.8. The molecular formula is C27H28ClN3O2S. The summed E-state index contributed by atoms with van der Waals surface area (Å²) in [6.45, 7) is 4.41. The summed E-state index contributed by atoms with van der Waals surface area (Å²) in [5, 5.41) is 4.10. The summed E-state index contributed by atoms with van der Waals surface area (Å²) in [6.07, 6.45) is 5.26. The summed E-state index contributed by atoms with van der Waals surface area (Å²) < 4.78 is 1.75. The number of thioether (sulfide) groups is 1. The van der Waals surface area contributed by atoms with Gasteiger partial charge in [0.1, 0.15) is 0 Å². The van der Waals surface area contributed by atoms with Gasteiger partial charge in [-0.2, -0.15) is 0 Å². The summed E-state index contributed by atoms with van der Waals surface area (Å²) in [6, 6.07) is 13.7. The van der Waals surface area contributed by atoms with Gasteiger partial charge in [-0.05, 0) is 56.4 Å². The molecule has 0 saturated heterocycles. The van der Waals surface area contributed by atoms with Crippen LogP contribution in [0.15, 0.2) is 52.4 Å². The van der Waals surface area contributed by atoms with E-state index in [0.29, 0.717) is 22.4 Å². The Morgan fingerprint density at radius 1 is 1.21 bits per heavy atom. The van der Waals surface area contributed by atoms with Crippen LogP contribution in [0.3, 0.4) is 0 Å². The first-order valence-corrected chi connectivity index (χ1v) is 13.2. The Kier molecular flexibility index (Phi) is 6.30. The molecule has 3 aromatic rings. The number of benzene rings is 2. The molecule has 5 nitrogen and oxygen atoms in total. The topological polar surface area (TPSA) is 64.0 Å². The molecule has 176 valence electrons. The van der Waals surface area contributed by atoms with E-state index in [4.69, 9.17) is 16.6 Å². The lowest BCUT2D eigenvalue weighted by atomic mass is 9.68. The summed E-state index contributed by atoms with van der Waals surface area (Å²) in [5.41, 5.74) is 5.59. The van der Waals surface area contributed by atoms with Crippen molar-refractivity contribution >= 4 is 35.0 Å². The van der Waals surface area contributed by atoms with Crippen molar-refractivity contribution in [2.75, 3.05) is 11.1 Å². The van der Waals surface area contributed by atoms with Gasteiger partial charge in [0, 0.05) is 28.2 Å². The number of nitrogens with zero attached hydrogens (tertiary/aromatic N) is 2. The number of fused-ring (bicyclic) bond motifs is 4. The Balaban J connectivity index is 1.50. The van der Waals surface area contributed by atoms with Crippen molar-refractivity contribution in [2.45, 2.75) is 63.1 Å². The lowest BCUT2D eigenvalue weighted by Gasteiger charge is -2.36. The van der Waals surface area contributed by atoms with Crippen LogP contribution in [0, 0.1) is 6.92 Å². The van der Waals surface area contributed by atoms with Gasteiger partial charge >= 0.3 is 0 Å². The first kappa shape index (κ1) is 23.2. The third kappa shape index (κ3) is 4.07. The van der Waals surface area contributed by atoms with E-state index >= 15 is 0 Å². The number of rotatable bonds is 5. The van der Waals surface area contributed by atoms with Crippen molar-refractivity contribution in [3.05, 3.63) is 74.5 Å². The molecule has 1 N–H and O–H groups in total. The van der Waals surface area contributed by atoms with E-state index in [1.807, 2.05) is 26.0 Å². The molecule has 0 radical (unpaired) electrons. The number of aromatic nitrogens is 2. The molecule has 0 bridgehead atoms. The van der Waals surface area contributed by atoms with Crippen LogP contribution in [0.1, 0.15) is 49.3 Å². The maximum atomic E-state index is 13.8. The second-order valence-electron chi connectivity index (χ2n) is 9.28. The van der Waals surface area contributed by atoms with E-state index in [0.717, 1.165) is 54.5 Å². The molecule has 2 aliphatic carbocycles. The number of aryl methyl sites for hydroxylation is 1. The quantitative estimate of drug-likeness (QED) is 0.350. The molecule has 1 spiro atoms. The van der Waals surface area contributed by atoms with Crippen LogP contribution in [-0.2, 0) is 23.2 Å². The van der Waals surface area contributed by atoms with Gasteiger partial charge in [0.15, 0.2) is 5.16 Å². The van der Waals surface area contributed by atoms with Crippen LogP contribution < -0.4 is 10.9 Å². The average Bonchev–Trinajstić information content (AvgIpc) is 3.28. The molecule has 7 heteroatoms. The fraction of sp³-hybridized carbons (Fsp3) is 0.370. The summed E-state index contributed by atoms with van der Waals surface area (Å²) in [5.74, 6) is 0.00176. The number of nitrogens with one attached hydrogen (secondary N) is 1. The third-order valence-electron chi connectivity index (χ3n) is 7.15. The number of hydrogen-bond donors (Lipinski definition) is 1. The highest BCUT2D eigenvalue weighted by Crippen LogP contribution is 2.49. The largest absolute Gasteiger partial charge is 0.325 e.